The van der Waals surface area contributed by atoms with Crippen molar-refractivity contribution in [3.63, 3.8) is 0 Å². The van der Waals surface area contributed by atoms with E-state index in [0.29, 0.717) is 24.5 Å². The molecule has 2 atom stereocenters. The first-order valence-corrected chi connectivity index (χ1v) is 7.90. The first kappa shape index (κ1) is 16.8. The zero-order valence-electron chi connectivity index (χ0n) is 13.2. The molecule has 1 aliphatic rings. The predicted molar refractivity (Wildman–Crippen MR) is 86.0 cm³/mol. The Morgan fingerprint density at radius 3 is 2.50 bits per heavy atom. The fraction of sp³-hybridized carbons (Fsp3) is 0.529. The second-order valence-electron chi connectivity index (χ2n) is 6.57. The van der Waals surface area contributed by atoms with Gasteiger partial charge in [-0.25, -0.2) is 0 Å². The zero-order valence-corrected chi connectivity index (χ0v) is 13.9. The summed E-state index contributed by atoms with van der Waals surface area (Å²) in [6, 6.07) is 7.36. The summed E-state index contributed by atoms with van der Waals surface area (Å²) in [6.07, 6.45) is 0.501. The van der Waals surface area contributed by atoms with Gasteiger partial charge in [0.05, 0.1) is 11.3 Å². The van der Waals surface area contributed by atoms with Gasteiger partial charge >= 0.3 is 5.97 Å². The minimum Gasteiger partial charge on any atom is -0.481 e. The lowest BCUT2D eigenvalue weighted by atomic mass is 9.80. The molecule has 1 heterocycles. The van der Waals surface area contributed by atoms with Gasteiger partial charge in [0, 0.05) is 18.1 Å². The zero-order chi connectivity index (χ0) is 16.5. The van der Waals surface area contributed by atoms with Gasteiger partial charge in [-0.15, -0.1) is 0 Å². The number of nitrogens with zero attached hydrogens (tertiary/aromatic N) is 1. The van der Waals surface area contributed by atoms with E-state index in [-0.39, 0.29) is 17.7 Å². The molecule has 2 unspecified atom stereocenters. The molecule has 0 aliphatic carbocycles. The van der Waals surface area contributed by atoms with Crippen LogP contribution in [0.15, 0.2) is 24.3 Å². The van der Waals surface area contributed by atoms with Crippen LogP contribution in [0.2, 0.25) is 5.02 Å². The number of carboxylic acids is 1. The lowest BCUT2D eigenvalue weighted by molar-refractivity contribution is -0.149. The highest BCUT2D eigenvalue weighted by Crippen LogP contribution is 2.33. The summed E-state index contributed by atoms with van der Waals surface area (Å²) in [5, 5.41) is 9.76. The number of hydrogen-bond acceptors (Lipinski definition) is 2. The van der Waals surface area contributed by atoms with Crippen LogP contribution in [0.25, 0.3) is 0 Å². The molecule has 22 heavy (non-hydrogen) atoms. The first-order valence-electron chi connectivity index (χ1n) is 7.52. The Hall–Kier alpha value is -1.55. The van der Waals surface area contributed by atoms with E-state index in [1.807, 2.05) is 39.0 Å². The third kappa shape index (κ3) is 3.12. The molecule has 1 aromatic carbocycles. The molecule has 0 saturated carbocycles. The van der Waals surface area contributed by atoms with Crippen molar-refractivity contribution in [1.82, 2.24) is 4.90 Å². The summed E-state index contributed by atoms with van der Waals surface area (Å²) in [5.41, 5.74) is 0.0726. The van der Waals surface area contributed by atoms with Crippen LogP contribution in [0.1, 0.15) is 32.8 Å². The number of halogens is 1. The van der Waals surface area contributed by atoms with E-state index < -0.39 is 11.4 Å². The smallest absolute Gasteiger partial charge is 0.306 e. The van der Waals surface area contributed by atoms with Crippen LogP contribution in [-0.2, 0) is 15.0 Å². The minimum absolute atomic E-state index is 0.00344. The second-order valence-corrected chi connectivity index (χ2v) is 6.97. The van der Waals surface area contributed by atoms with E-state index in [4.69, 9.17) is 11.6 Å². The standard InChI is InChI=1S/C17H22ClNO3/c1-11-10-19(9-8-12(11)15(20)21)16(22)17(2,3)13-6-4-5-7-14(13)18/h4-7,11-12H,8-10H2,1-3H3,(H,20,21). The summed E-state index contributed by atoms with van der Waals surface area (Å²) in [5.74, 6) is -1.19. The molecule has 0 spiro atoms. The molecule has 0 radical (unpaired) electrons. The summed E-state index contributed by atoms with van der Waals surface area (Å²) in [6.45, 7) is 6.58. The van der Waals surface area contributed by atoms with Crippen LogP contribution >= 0.6 is 11.6 Å². The van der Waals surface area contributed by atoms with Crippen LogP contribution < -0.4 is 0 Å². The summed E-state index contributed by atoms with van der Waals surface area (Å²) >= 11 is 6.24. The number of carboxylic acid groups (broad SMARTS) is 1. The summed E-state index contributed by atoms with van der Waals surface area (Å²) < 4.78 is 0. The fourth-order valence-electron chi connectivity index (χ4n) is 3.18. The molecule has 1 aliphatic heterocycles. The van der Waals surface area contributed by atoms with Gasteiger partial charge in [-0.2, -0.15) is 0 Å². The van der Waals surface area contributed by atoms with Crippen molar-refractivity contribution >= 4 is 23.5 Å². The van der Waals surface area contributed by atoms with E-state index in [2.05, 4.69) is 0 Å². The van der Waals surface area contributed by atoms with Crippen molar-refractivity contribution in [2.24, 2.45) is 11.8 Å². The molecule has 1 fully saturated rings. The Labute approximate surface area is 136 Å². The third-order valence-corrected chi connectivity index (χ3v) is 4.92. The SMILES string of the molecule is CC1CN(C(=O)C(C)(C)c2ccccc2Cl)CCC1C(=O)O. The molecule has 1 aromatic rings. The Bertz CT molecular complexity index is 585. The molecule has 1 N–H and O–H groups in total. The van der Waals surface area contributed by atoms with Crippen molar-refractivity contribution in [2.45, 2.75) is 32.6 Å². The molecular weight excluding hydrogens is 302 g/mol. The van der Waals surface area contributed by atoms with Crippen LogP contribution in [-0.4, -0.2) is 35.0 Å². The van der Waals surface area contributed by atoms with E-state index in [1.165, 1.54) is 0 Å². The average molecular weight is 324 g/mol. The molecule has 2 rings (SSSR count). The fourth-order valence-corrected chi connectivity index (χ4v) is 3.55. The quantitative estimate of drug-likeness (QED) is 0.929. The van der Waals surface area contributed by atoms with E-state index in [1.54, 1.807) is 11.0 Å². The number of rotatable bonds is 3. The van der Waals surface area contributed by atoms with Crippen molar-refractivity contribution < 1.29 is 14.7 Å². The van der Waals surface area contributed by atoms with E-state index in [0.717, 1.165) is 5.56 Å². The number of piperidine rings is 1. The highest BCUT2D eigenvalue weighted by molar-refractivity contribution is 6.31. The molecule has 0 bridgehead atoms. The maximum atomic E-state index is 12.9. The van der Waals surface area contributed by atoms with Crippen LogP contribution in [0, 0.1) is 11.8 Å². The number of benzene rings is 1. The van der Waals surface area contributed by atoms with Crippen LogP contribution in [0.4, 0.5) is 0 Å². The average Bonchev–Trinajstić information content (AvgIpc) is 2.46. The van der Waals surface area contributed by atoms with Crippen molar-refractivity contribution in [3.05, 3.63) is 34.9 Å². The largest absolute Gasteiger partial charge is 0.481 e. The van der Waals surface area contributed by atoms with Gasteiger partial charge in [0.25, 0.3) is 0 Å². The highest BCUT2D eigenvalue weighted by Gasteiger charge is 2.39. The van der Waals surface area contributed by atoms with Crippen molar-refractivity contribution in [3.8, 4) is 0 Å². The molecule has 4 nitrogen and oxygen atoms in total. The lowest BCUT2D eigenvalue weighted by Crippen LogP contribution is -2.50. The summed E-state index contributed by atoms with van der Waals surface area (Å²) in [7, 11) is 0. The van der Waals surface area contributed by atoms with Gasteiger partial charge in [-0.3, -0.25) is 9.59 Å². The number of carbonyl (C=O) groups is 2. The molecule has 0 aromatic heterocycles. The number of amides is 1. The Balaban J connectivity index is 2.18. The minimum atomic E-state index is -0.773. The number of aliphatic carboxylic acids is 1. The van der Waals surface area contributed by atoms with Gasteiger partial charge < -0.3 is 10.0 Å². The highest BCUT2D eigenvalue weighted by atomic mass is 35.5. The van der Waals surface area contributed by atoms with Gasteiger partial charge in [-0.05, 0) is 37.8 Å². The maximum absolute atomic E-state index is 12.9. The molecular formula is C17H22ClNO3. The molecule has 1 amide bonds. The monoisotopic (exact) mass is 323 g/mol. The number of carbonyl (C=O) groups excluding carboxylic acids is 1. The Morgan fingerprint density at radius 2 is 1.95 bits per heavy atom. The van der Waals surface area contributed by atoms with Crippen molar-refractivity contribution in [2.75, 3.05) is 13.1 Å². The molecule has 5 heteroatoms. The molecule has 120 valence electrons. The maximum Gasteiger partial charge on any atom is 0.306 e. The van der Waals surface area contributed by atoms with Gasteiger partial charge in [0.2, 0.25) is 5.91 Å². The van der Waals surface area contributed by atoms with Gasteiger partial charge in [0.1, 0.15) is 0 Å². The predicted octanol–water partition coefficient (Wildman–Crippen LogP) is 3.19. The van der Waals surface area contributed by atoms with Gasteiger partial charge in [-0.1, -0.05) is 36.7 Å². The van der Waals surface area contributed by atoms with Gasteiger partial charge in [0.15, 0.2) is 0 Å². The third-order valence-electron chi connectivity index (χ3n) is 4.59. The topological polar surface area (TPSA) is 57.6 Å². The molecule has 1 saturated heterocycles. The van der Waals surface area contributed by atoms with E-state index >= 15 is 0 Å². The number of hydrogen-bond donors (Lipinski definition) is 1. The lowest BCUT2D eigenvalue weighted by Gasteiger charge is -2.39. The van der Waals surface area contributed by atoms with E-state index in [9.17, 15) is 14.7 Å². The van der Waals surface area contributed by atoms with Crippen LogP contribution in [0.5, 0.6) is 0 Å². The Morgan fingerprint density at radius 1 is 1.32 bits per heavy atom. The van der Waals surface area contributed by atoms with Crippen molar-refractivity contribution in [1.29, 1.82) is 0 Å². The summed E-state index contributed by atoms with van der Waals surface area (Å²) in [4.78, 5) is 25.9. The first-order chi connectivity index (χ1) is 10.2. The van der Waals surface area contributed by atoms with Crippen LogP contribution in [0.3, 0.4) is 0 Å². The Kier molecular flexibility index (Phi) is 4.81. The normalized spacial score (nSPS) is 22.5. The second kappa shape index (κ2) is 6.29. The number of likely N-dealkylation sites (tertiary alicyclic amines) is 1.